The van der Waals surface area contributed by atoms with E-state index in [1.165, 1.54) is 5.69 Å². The lowest BCUT2D eigenvalue weighted by molar-refractivity contribution is 0.424. The Kier molecular flexibility index (Phi) is 5.53. The van der Waals surface area contributed by atoms with Gasteiger partial charge in [0.1, 0.15) is 0 Å². The predicted molar refractivity (Wildman–Crippen MR) is 68.4 cm³/mol. The molecule has 1 aromatic heterocycles. The number of aromatic nitrogens is 2. The molecule has 0 fully saturated rings. The van der Waals surface area contributed by atoms with Crippen molar-refractivity contribution < 1.29 is 0 Å². The molecule has 0 aliphatic heterocycles. The molecule has 3 nitrogen and oxygen atoms in total. The van der Waals surface area contributed by atoms with Crippen molar-refractivity contribution >= 4 is 0 Å². The van der Waals surface area contributed by atoms with E-state index in [9.17, 15) is 0 Å². The molecule has 0 aliphatic rings. The molecular weight excluding hydrogens is 198 g/mol. The molecule has 0 saturated carbocycles. The maximum absolute atomic E-state index is 5.91. The van der Waals surface area contributed by atoms with E-state index in [0.29, 0.717) is 12.1 Å². The molecule has 1 heterocycles. The molecule has 0 bridgehead atoms. The van der Waals surface area contributed by atoms with Crippen LogP contribution in [0.1, 0.15) is 58.2 Å². The van der Waals surface area contributed by atoms with Gasteiger partial charge in [0.2, 0.25) is 0 Å². The number of aryl methyl sites for hydroxylation is 1. The molecule has 0 aliphatic carbocycles. The summed E-state index contributed by atoms with van der Waals surface area (Å²) in [4.78, 5) is 0. The van der Waals surface area contributed by atoms with Crippen LogP contribution in [-0.2, 0) is 6.42 Å². The smallest absolute Gasteiger partial charge is 0.0625 e. The first-order valence-electron chi connectivity index (χ1n) is 6.50. The van der Waals surface area contributed by atoms with Gasteiger partial charge in [0.15, 0.2) is 0 Å². The van der Waals surface area contributed by atoms with Crippen molar-refractivity contribution in [3.8, 4) is 0 Å². The van der Waals surface area contributed by atoms with Crippen LogP contribution in [0.4, 0.5) is 0 Å². The molecule has 1 atom stereocenters. The molecular formula is C13H25N3. The minimum atomic E-state index is 0.318. The van der Waals surface area contributed by atoms with Crippen LogP contribution >= 0.6 is 0 Å². The average Bonchev–Trinajstić information content (AvgIpc) is 2.76. The van der Waals surface area contributed by atoms with Crippen LogP contribution < -0.4 is 5.73 Å². The monoisotopic (exact) mass is 223 g/mol. The van der Waals surface area contributed by atoms with Crippen LogP contribution in [0.25, 0.3) is 0 Å². The highest BCUT2D eigenvalue weighted by atomic mass is 15.3. The van der Waals surface area contributed by atoms with Gasteiger partial charge in [-0.2, -0.15) is 5.10 Å². The number of nitrogens with two attached hydrogens (primary N) is 1. The van der Waals surface area contributed by atoms with E-state index in [-0.39, 0.29) is 0 Å². The summed E-state index contributed by atoms with van der Waals surface area (Å²) in [7, 11) is 0. The van der Waals surface area contributed by atoms with E-state index in [1.54, 1.807) is 0 Å². The minimum Gasteiger partial charge on any atom is -0.328 e. The van der Waals surface area contributed by atoms with E-state index in [4.69, 9.17) is 5.73 Å². The van der Waals surface area contributed by atoms with Crippen LogP contribution in [0, 0.1) is 0 Å². The summed E-state index contributed by atoms with van der Waals surface area (Å²) >= 11 is 0. The van der Waals surface area contributed by atoms with E-state index in [1.807, 2.05) is 0 Å². The van der Waals surface area contributed by atoms with E-state index in [0.717, 1.165) is 32.1 Å². The highest BCUT2D eigenvalue weighted by molar-refractivity contribution is 5.00. The van der Waals surface area contributed by atoms with Gasteiger partial charge in [0.25, 0.3) is 0 Å². The third-order valence-corrected chi connectivity index (χ3v) is 3.28. The largest absolute Gasteiger partial charge is 0.328 e. The highest BCUT2D eigenvalue weighted by Gasteiger charge is 2.08. The van der Waals surface area contributed by atoms with Gasteiger partial charge in [-0.05, 0) is 38.2 Å². The molecule has 0 spiro atoms. The van der Waals surface area contributed by atoms with Crippen molar-refractivity contribution in [1.29, 1.82) is 0 Å². The molecule has 0 radical (unpaired) electrons. The van der Waals surface area contributed by atoms with Crippen LogP contribution in [0.3, 0.4) is 0 Å². The molecule has 0 amide bonds. The zero-order valence-corrected chi connectivity index (χ0v) is 10.8. The summed E-state index contributed by atoms with van der Waals surface area (Å²) in [6, 6.07) is 2.99. The van der Waals surface area contributed by atoms with Crippen LogP contribution in [-0.4, -0.2) is 15.8 Å². The summed E-state index contributed by atoms with van der Waals surface area (Å²) in [5.74, 6) is 0. The maximum Gasteiger partial charge on any atom is 0.0625 e. The van der Waals surface area contributed by atoms with Gasteiger partial charge in [-0.25, -0.2) is 0 Å². The Morgan fingerprint density at radius 2 is 1.94 bits per heavy atom. The fourth-order valence-electron chi connectivity index (χ4n) is 1.91. The Balaban J connectivity index is 2.51. The first kappa shape index (κ1) is 13.2. The lowest BCUT2D eigenvalue weighted by Crippen LogP contribution is -2.19. The minimum absolute atomic E-state index is 0.318. The normalized spacial score (nSPS) is 13.3. The molecule has 0 aromatic carbocycles. The predicted octanol–water partition coefficient (Wildman–Crippen LogP) is 2.91. The van der Waals surface area contributed by atoms with Crippen molar-refractivity contribution in [3.63, 3.8) is 0 Å². The summed E-state index contributed by atoms with van der Waals surface area (Å²) in [6.07, 6.45) is 7.48. The van der Waals surface area contributed by atoms with Gasteiger partial charge in [-0.1, -0.05) is 20.8 Å². The van der Waals surface area contributed by atoms with E-state index in [2.05, 4.69) is 42.8 Å². The zero-order chi connectivity index (χ0) is 12.0. The van der Waals surface area contributed by atoms with Gasteiger partial charge in [0, 0.05) is 12.2 Å². The highest BCUT2D eigenvalue weighted by Crippen LogP contribution is 2.15. The van der Waals surface area contributed by atoms with Crippen LogP contribution in [0.15, 0.2) is 12.3 Å². The molecule has 2 N–H and O–H groups in total. The van der Waals surface area contributed by atoms with Gasteiger partial charge >= 0.3 is 0 Å². The molecule has 1 unspecified atom stereocenters. The Labute approximate surface area is 99.0 Å². The van der Waals surface area contributed by atoms with E-state index >= 15 is 0 Å². The van der Waals surface area contributed by atoms with Crippen LogP contribution in [0.2, 0.25) is 0 Å². The fraction of sp³-hybridized carbons (Fsp3) is 0.769. The number of nitrogens with zero attached hydrogens (tertiary/aromatic N) is 2. The first-order chi connectivity index (χ1) is 7.71. The molecule has 92 valence electrons. The molecule has 3 heteroatoms. The molecule has 1 aromatic rings. The Bertz CT molecular complexity index is 289. The van der Waals surface area contributed by atoms with Crippen molar-refractivity contribution in [3.05, 3.63) is 18.0 Å². The van der Waals surface area contributed by atoms with Gasteiger partial charge in [-0.15, -0.1) is 0 Å². The lowest BCUT2D eigenvalue weighted by Gasteiger charge is -2.12. The summed E-state index contributed by atoms with van der Waals surface area (Å²) in [6.45, 7) is 6.55. The topological polar surface area (TPSA) is 43.8 Å². The third-order valence-electron chi connectivity index (χ3n) is 3.28. The average molecular weight is 223 g/mol. The number of hydrogen-bond acceptors (Lipinski definition) is 2. The Morgan fingerprint density at radius 1 is 1.25 bits per heavy atom. The fourth-order valence-corrected chi connectivity index (χ4v) is 1.91. The third kappa shape index (κ3) is 3.63. The van der Waals surface area contributed by atoms with Crippen molar-refractivity contribution in [2.75, 3.05) is 0 Å². The molecule has 16 heavy (non-hydrogen) atoms. The molecule has 0 saturated heterocycles. The maximum atomic E-state index is 5.91. The second-order valence-corrected chi connectivity index (χ2v) is 4.46. The second-order valence-electron chi connectivity index (χ2n) is 4.46. The summed E-state index contributed by atoms with van der Waals surface area (Å²) in [5, 5.41) is 4.62. The summed E-state index contributed by atoms with van der Waals surface area (Å²) in [5.41, 5.74) is 7.08. The lowest BCUT2D eigenvalue weighted by atomic mass is 10.1. The number of hydrogen-bond donors (Lipinski definition) is 1. The van der Waals surface area contributed by atoms with Gasteiger partial charge in [-0.3, -0.25) is 4.68 Å². The van der Waals surface area contributed by atoms with Crippen molar-refractivity contribution in [1.82, 2.24) is 9.78 Å². The standard InChI is InChI=1S/C13H25N3/c1-4-11(14)7-8-12-9-10-16(15-12)13(5-2)6-3/h9-11,13H,4-8,14H2,1-3H3. The SMILES string of the molecule is CCC(N)CCc1ccn(C(CC)CC)n1. The van der Waals surface area contributed by atoms with Crippen molar-refractivity contribution in [2.24, 2.45) is 5.73 Å². The Hall–Kier alpha value is -0.830. The molecule has 1 rings (SSSR count). The first-order valence-corrected chi connectivity index (χ1v) is 6.50. The second kappa shape index (κ2) is 6.69. The quantitative estimate of drug-likeness (QED) is 0.772. The number of rotatable bonds is 7. The van der Waals surface area contributed by atoms with Crippen molar-refractivity contribution in [2.45, 2.75) is 65.0 Å². The van der Waals surface area contributed by atoms with Crippen LogP contribution in [0.5, 0.6) is 0 Å². The Morgan fingerprint density at radius 3 is 2.50 bits per heavy atom. The van der Waals surface area contributed by atoms with Gasteiger partial charge in [0.05, 0.1) is 11.7 Å². The van der Waals surface area contributed by atoms with E-state index < -0.39 is 0 Å². The van der Waals surface area contributed by atoms with Gasteiger partial charge < -0.3 is 5.73 Å². The summed E-state index contributed by atoms with van der Waals surface area (Å²) < 4.78 is 2.10. The zero-order valence-electron chi connectivity index (χ0n) is 10.8.